The number of ketones is 1. The molecule has 1 aliphatic heterocycles. The Labute approximate surface area is 171 Å². The summed E-state index contributed by atoms with van der Waals surface area (Å²) in [5.74, 6) is 0.493. The van der Waals surface area contributed by atoms with Crippen LogP contribution in [0.1, 0.15) is 61.6 Å². The molecule has 3 rings (SSSR count). The van der Waals surface area contributed by atoms with Crippen LogP contribution in [-0.2, 0) is 18.5 Å². The Kier molecular flexibility index (Phi) is 5.93. The van der Waals surface area contributed by atoms with Gasteiger partial charge in [0.2, 0.25) is 0 Å². The molecule has 0 bridgehead atoms. The van der Waals surface area contributed by atoms with Crippen molar-refractivity contribution >= 4 is 22.7 Å². The lowest BCUT2D eigenvalue weighted by Crippen LogP contribution is -2.33. The molecule has 150 valence electrons. The maximum Gasteiger partial charge on any atom is 0.185 e. The fourth-order valence-corrected chi connectivity index (χ4v) is 4.77. The smallest absolute Gasteiger partial charge is 0.185 e. The summed E-state index contributed by atoms with van der Waals surface area (Å²) in [4.78, 5) is 22.2. The second-order valence-electron chi connectivity index (χ2n) is 8.25. The highest BCUT2D eigenvalue weighted by Gasteiger charge is 2.34. The van der Waals surface area contributed by atoms with Crippen molar-refractivity contribution < 1.29 is 4.79 Å². The zero-order valence-electron chi connectivity index (χ0n) is 17.3. The van der Waals surface area contributed by atoms with Crippen LogP contribution >= 0.6 is 11.8 Å². The molecule has 2 atom stereocenters. The van der Waals surface area contributed by atoms with Crippen molar-refractivity contribution in [3.8, 4) is 0 Å². The minimum Gasteiger partial charge on any atom is -0.379 e. The van der Waals surface area contributed by atoms with Crippen LogP contribution < -0.4 is 5.73 Å². The van der Waals surface area contributed by atoms with Gasteiger partial charge >= 0.3 is 0 Å². The number of hydrogen-bond donors (Lipinski definition) is 1. The van der Waals surface area contributed by atoms with Crippen molar-refractivity contribution in [2.75, 3.05) is 0 Å². The molecule has 0 radical (unpaired) electrons. The normalized spacial score (nSPS) is 22.4. The van der Waals surface area contributed by atoms with Crippen molar-refractivity contribution in [2.45, 2.75) is 64.8 Å². The van der Waals surface area contributed by atoms with Crippen molar-refractivity contribution in [2.24, 2.45) is 16.6 Å². The second-order valence-corrected chi connectivity index (χ2v) is 9.71. The first-order valence-corrected chi connectivity index (χ1v) is 10.6. The predicted octanol–water partition coefficient (Wildman–Crippen LogP) is 3.72. The molecule has 0 unspecified atom stereocenters. The number of amidine groups is 1. The number of pyridine rings is 1. The molecule has 2 N–H and O–H groups in total. The number of carbonyl (C=O) groups is 1. The zero-order chi connectivity index (χ0) is 20.5. The van der Waals surface area contributed by atoms with Gasteiger partial charge in [-0.25, -0.2) is 4.99 Å². The Morgan fingerprint density at radius 3 is 2.86 bits per heavy atom. The fourth-order valence-electron chi connectivity index (χ4n) is 3.69. The molecular weight excluding hydrogens is 370 g/mol. The zero-order valence-corrected chi connectivity index (χ0v) is 18.1. The minimum absolute atomic E-state index is 0.0686. The molecule has 28 heavy (non-hydrogen) atoms. The van der Waals surface area contributed by atoms with Gasteiger partial charge in [0.05, 0.1) is 11.4 Å². The summed E-state index contributed by atoms with van der Waals surface area (Å²) in [6, 6.07) is 5.77. The third-order valence-electron chi connectivity index (χ3n) is 4.83. The lowest BCUT2D eigenvalue weighted by atomic mass is 9.90. The molecule has 3 heterocycles. The van der Waals surface area contributed by atoms with E-state index in [9.17, 15) is 4.79 Å². The molecule has 2 aromatic heterocycles. The van der Waals surface area contributed by atoms with E-state index in [1.54, 1.807) is 18.0 Å². The molecule has 0 saturated carbocycles. The van der Waals surface area contributed by atoms with Crippen LogP contribution in [0, 0.1) is 12.8 Å². The molecule has 6 nitrogen and oxygen atoms in total. The summed E-state index contributed by atoms with van der Waals surface area (Å²) >= 11 is 1.60. The lowest BCUT2D eigenvalue weighted by molar-refractivity contribution is 0.0981. The molecule has 0 amide bonds. The third-order valence-corrected chi connectivity index (χ3v) is 5.73. The summed E-state index contributed by atoms with van der Waals surface area (Å²) in [5.41, 5.74) is 8.89. The van der Waals surface area contributed by atoms with Gasteiger partial charge in [0, 0.05) is 24.4 Å². The van der Waals surface area contributed by atoms with Crippen LogP contribution in [-0.4, -0.2) is 31.0 Å². The Hall–Kier alpha value is -2.15. The molecular formula is C21H29N5OS. The number of nitrogens with two attached hydrogens (primary N) is 1. The Bertz CT molecular complexity index is 904. The number of hydrogen-bond acceptors (Lipinski definition) is 6. The number of thioether (sulfide) groups is 1. The number of aliphatic imine (C=N–C) groups is 1. The van der Waals surface area contributed by atoms with Gasteiger partial charge in [-0.1, -0.05) is 32.5 Å². The van der Waals surface area contributed by atoms with Crippen LogP contribution in [0.25, 0.3) is 0 Å². The number of carbonyl (C=O) groups excluding carboxylic acids is 1. The molecule has 0 spiro atoms. The van der Waals surface area contributed by atoms with Gasteiger partial charge in [0.25, 0.3) is 0 Å². The van der Waals surface area contributed by atoms with Gasteiger partial charge in [-0.2, -0.15) is 5.10 Å². The monoisotopic (exact) mass is 399 g/mol. The topological polar surface area (TPSA) is 86.2 Å². The Balaban J connectivity index is 1.84. The van der Waals surface area contributed by atoms with Gasteiger partial charge < -0.3 is 5.73 Å². The standard InChI is InChI=1S/C21H29N5OS/c1-13(2)12-26-17(8-14(3)25-26)18(27)9-16-6-7-23-19(10-16)21(5)11-15(4)28-20(22)24-21/h6-8,10,13,15H,9,11-12H2,1-5H3,(H2,22,24)/t15-,21+/m1/s1. The number of aromatic nitrogens is 3. The fraction of sp³-hybridized carbons (Fsp3) is 0.524. The second kappa shape index (κ2) is 8.07. The first kappa shape index (κ1) is 20.6. The molecule has 1 aliphatic rings. The summed E-state index contributed by atoms with van der Waals surface area (Å²) in [6.45, 7) is 11.1. The number of Topliss-reactive ketones (excluding diaryl/α,β-unsaturated/α-hetero) is 1. The van der Waals surface area contributed by atoms with E-state index in [1.807, 2.05) is 29.8 Å². The van der Waals surface area contributed by atoms with Gasteiger partial charge in [-0.3, -0.25) is 14.5 Å². The van der Waals surface area contributed by atoms with E-state index in [-0.39, 0.29) is 5.78 Å². The van der Waals surface area contributed by atoms with E-state index in [0.717, 1.165) is 29.9 Å². The first-order valence-electron chi connectivity index (χ1n) is 9.71. The van der Waals surface area contributed by atoms with Crippen molar-refractivity contribution in [3.63, 3.8) is 0 Å². The van der Waals surface area contributed by atoms with Crippen LogP contribution in [0.4, 0.5) is 0 Å². The minimum atomic E-state index is -0.455. The highest BCUT2D eigenvalue weighted by atomic mass is 32.2. The highest BCUT2D eigenvalue weighted by molar-refractivity contribution is 8.14. The van der Waals surface area contributed by atoms with Crippen molar-refractivity contribution in [3.05, 3.63) is 47.0 Å². The van der Waals surface area contributed by atoms with Crippen LogP contribution in [0.2, 0.25) is 0 Å². The van der Waals surface area contributed by atoms with E-state index < -0.39 is 5.54 Å². The number of aryl methyl sites for hydroxylation is 1. The average molecular weight is 400 g/mol. The average Bonchev–Trinajstić information content (AvgIpc) is 2.93. The molecule has 0 aliphatic carbocycles. The predicted molar refractivity (Wildman–Crippen MR) is 115 cm³/mol. The summed E-state index contributed by atoms with van der Waals surface area (Å²) in [7, 11) is 0. The van der Waals surface area contributed by atoms with E-state index in [0.29, 0.717) is 28.5 Å². The first-order chi connectivity index (χ1) is 13.2. The highest BCUT2D eigenvalue weighted by Crippen LogP contribution is 2.37. The SMILES string of the molecule is Cc1cc(C(=O)Cc2ccnc([C@]3(C)C[C@@H](C)SC(N)=N3)c2)n(CC(C)C)n1. The quantitative estimate of drug-likeness (QED) is 0.748. The van der Waals surface area contributed by atoms with Crippen LogP contribution in [0.15, 0.2) is 29.4 Å². The molecule has 7 heteroatoms. The summed E-state index contributed by atoms with van der Waals surface area (Å²) < 4.78 is 1.83. The van der Waals surface area contributed by atoms with Crippen LogP contribution in [0.3, 0.4) is 0 Å². The van der Waals surface area contributed by atoms with Crippen molar-refractivity contribution in [1.29, 1.82) is 0 Å². The van der Waals surface area contributed by atoms with Gasteiger partial charge in [-0.15, -0.1) is 0 Å². The van der Waals surface area contributed by atoms with E-state index >= 15 is 0 Å². The van der Waals surface area contributed by atoms with Crippen molar-refractivity contribution in [1.82, 2.24) is 14.8 Å². The lowest BCUT2D eigenvalue weighted by Gasteiger charge is -2.32. The Morgan fingerprint density at radius 1 is 1.43 bits per heavy atom. The maximum atomic E-state index is 13.0. The molecule has 0 aromatic carbocycles. The molecule has 2 aromatic rings. The number of rotatable bonds is 6. The van der Waals surface area contributed by atoms with Crippen LogP contribution in [0.5, 0.6) is 0 Å². The molecule has 0 saturated heterocycles. The van der Waals surface area contributed by atoms with E-state index in [4.69, 9.17) is 5.73 Å². The summed E-state index contributed by atoms with van der Waals surface area (Å²) in [5, 5.41) is 5.45. The Morgan fingerprint density at radius 2 is 2.18 bits per heavy atom. The summed E-state index contributed by atoms with van der Waals surface area (Å²) in [6.07, 6.45) is 2.94. The van der Waals surface area contributed by atoms with Gasteiger partial charge in [-0.05, 0) is 49.9 Å². The van der Waals surface area contributed by atoms with Gasteiger partial charge in [0.1, 0.15) is 11.2 Å². The van der Waals surface area contributed by atoms with E-state index in [1.165, 1.54) is 0 Å². The number of nitrogens with zero attached hydrogens (tertiary/aromatic N) is 4. The van der Waals surface area contributed by atoms with E-state index in [2.05, 4.69) is 42.8 Å². The maximum absolute atomic E-state index is 13.0. The third kappa shape index (κ3) is 4.63. The largest absolute Gasteiger partial charge is 0.379 e. The van der Waals surface area contributed by atoms with Gasteiger partial charge in [0.15, 0.2) is 11.0 Å². The molecule has 0 fully saturated rings.